The summed E-state index contributed by atoms with van der Waals surface area (Å²) in [5.74, 6) is -0.206. The minimum Gasteiger partial charge on any atom is -0.485 e. The zero-order chi connectivity index (χ0) is 13.0. The van der Waals surface area contributed by atoms with Crippen LogP contribution < -0.4 is 4.74 Å². The highest BCUT2D eigenvalue weighted by Gasteiger charge is 2.10. The van der Waals surface area contributed by atoms with Crippen LogP contribution in [-0.2, 0) is 0 Å². The third-order valence-corrected chi connectivity index (χ3v) is 3.03. The van der Waals surface area contributed by atoms with E-state index in [1.807, 2.05) is 6.07 Å². The summed E-state index contributed by atoms with van der Waals surface area (Å²) < 4.78 is 18.9. The fraction of sp³-hybridized carbons (Fsp3) is 0.0714. The Labute approximate surface area is 113 Å². The van der Waals surface area contributed by atoms with E-state index in [-0.39, 0.29) is 18.2 Å². The normalized spacial score (nSPS) is 10.1. The maximum atomic E-state index is 12.9. The Morgan fingerprint density at radius 2 is 1.94 bits per heavy atom. The maximum absolute atomic E-state index is 12.9. The molecule has 0 saturated heterocycles. The number of hydrogen-bond acceptors (Lipinski definition) is 2. The molecule has 2 rings (SSSR count). The van der Waals surface area contributed by atoms with Gasteiger partial charge in [0.1, 0.15) is 11.6 Å². The molecule has 2 aromatic rings. The molecule has 0 aliphatic rings. The van der Waals surface area contributed by atoms with Gasteiger partial charge in [-0.25, -0.2) is 4.39 Å². The Balaban J connectivity index is 2.03. The summed E-state index contributed by atoms with van der Waals surface area (Å²) in [6.45, 7) is -0.119. The first-order valence-electron chi connectivity index (χ1n) is 5.33. The predicted octanol–water partition coefficient (Wildman–Crippen LogP) is 3.85. The lowest BCUT2D eigenvalue weighted by molar-refractivity contribution is 0.0920. The number of rotatable bonds is 4. The summed E-state index contributed by atoms with van der Waals surface area (Å²) in [5, 5.41) is 0. The van der Waals surface area contributed by atoms with E-state index in [0.29, 0.717) is 11.3 Å². The highest BCUT2D eigenvalue weighted by molar-refractivity contribution is 9.10. The highest BCUT2D eigenvalue weighted by Crippen LogP contribution is 2.17. The second kappa shape index (κ2) is 5.78. The van der Waals surface area contributed by atoms with Crippen LogP contribution in [0.3, 0.4) is 0 Å². The van der Waals surface area contributed by atoms with Gasteiger partial charge < -0.3 is 4.74 Å². The number of Topliss-reactive ketones (excluding diaryl/α,β-unsaturated/α-hetero) is 1. The van der Waals surface area contributed by atoms with Crippen molar-refractivity contribution in [1.82, 2.24) is 0 Å². The minimum absolute atomic E-state index is 0.119. The molecule has 0 N–H and O–H groups in total. The van der Waals surface area contributed by atoms with Gasteiger partial charge in [0.15, 0.2) is 6.61 Å². The van der Waals surface area contributed by atoms with Crippen molar-refractivity contribution in [3.05, 3.63) is 64.4 Å². The Bertz CT molecular complexity index is 569. The van der Waals surface area contributed by atoms with E-state index < -0.39 is 0 Å². The molecule has 0 radical (unpaired) electrons. The smallest absolute Gasteiger partial charge is 0.201 e. The van der Waals surface area contributed by atoms with Crippen LogP contribution in [0.2, 0.25) is 0 Å². The van der Waals surface area contributed by atoms with Gasteiger partial charge in [-0.3, -0.25) is 4.79 Å². The largest absolute Gasteiger partial charge is 0.485 e. The van der Waals surface area contributed by atoms with Gasteiger partial charge >= 0.3 is 0 Å². The Morgan fingerprint density at radius 3 is 2.67 bits per heavy atom. The van der Waals surface area contributed by atoms with Crippen LogP contribution in [0.25, 0.3) is 0 Å². The molecule has 0 unspecified atom stereocenters. The zero-order valence-corrected chi connectivity index (χ0v) is 11.0. The molecular weight excluding hydrogens is 299 g/mol. The average molecular weight is 309 g/mol. The van der Waals surface area contributed by atoms with Gasteiger partial charge in [-0.05, 0) is 18.2 Å². The van der Waals surface area contributed by atoms with Gasteiger partial charge in [-0.1, -0.05) is 40.2 Å². The molecule has 2 aromatic carbocycles. The Hall–Kier alpha value is -1.68. The highest BCUT2D eigenvalue weighted by atomic mass is 79.9. The van der Waals surface area contributed by atoms with Crippen LogP contribution >= 0.6 is 15.9 Å². The van der Waals surface area contributed by atoms with Crippen LogP contribution in [0, 0.1) is 5.82 Å². The SMILES string of the molecule is O=C(COc1cccc(F)c1)c1ccccc1Br. The lowest BCUT2D eigenvalue weighted by Gasteiger charge is -2.06. The van der Waals surface area contributed by atoms with Crippen LogP contribution in [-0.4, -0.2) is 12.4 Å². The molecule has 0 amide bonds. The first kappa shape index (κ1) is 12.8. The molecule has 0 spiro atoms. The summed E-state index contributed by atoms with van der Waals surface area (Å²) in [6, 6.07) is 12.8. The summed E-state index contributed by atoms with van der Waals surface area (Å²) in [5.41, 5.74) is 0.550. The second-order valence-electron chi connectivity index (χ2n) is 3.65. The monoisotopic (exact) mass is 308 g/mol. The Morgan fingerprint density at radius 1 is 1.17 bits per heavy atom. The summed E-state index contributed by atoms with van der Waals surface area (Å²) in [4.78, 5) is 11.9. The number of carbonyl (C=O) groups is 1. The molecule has 0 aliphatic carbocycles. The van der Waals surface area contributed by atoms with Crippen molar-refractivity contribution >= 4 is 21.7 Å². The van der Waals surface area contributed by atoms with Crippen molar-refractivity contribution in [2.24, 2.45) is 0 Å². The molecule has 0 fully saturated rings. The molecule has 0 saturated carbocycles. The Kier molecular flexibility index (Phi) is 4.10. The summed E-state index contributed by atoms with van der Waals surface area (Å²) in [6.07, 6.45) is 0. The standard InChI is InChI=1S/C14H10BrFO2/c15-13-7-2-1-6-12(13)14(17)9-18-11-5-3-4-10(16)8-11/h1-8H,9H2. The maximum Gasteiger partial charge on any atom is 0.201 e. The van der Waals surface area contributed by atoms with Crippen molar-refractivity contribution in [1.29, 1.82) is 0 Å². The van der Waals surface area contributed by atoms with Gasteiger partial charge in [0.05, 0.1) is 0 Å². The molecule has 2 nitrogen and oxygen atoms in total. The van der Waals surface area contributed by atoms with Crippen molar-refractivity contribution < 1.29 is 13.9 Å². The minimum atomic E-state index is -0.388. The second-order valence-corrected chi connectivity index (χ2v) is 4.50. The fourth-order valence-electron chi connectivity index (χ4n) is 1.47. The topological polar surface area (TPSA) is 26.3 Å². The zero-order valence-electron chi connectivity index (χ0n) is 9.40. The quantitative estimate of drug-likeness (QED) is 0.802. The van der Waals surface area contributed by atoms with Gasteiger partial charge in [-0.15, -0.1) is 0 Å². The third kappa shape index (κ3) is 3.17. The van der Waals surface area contributed by atoms with E-state index in [0.717, 1.165) is 4.47 Å². The van der Waals surface area contributed by atoms with Crippen molar-refractivity contribution in [3.8, 4) is 5.75 Å². The van der Waals surface area contributed by atoms with E-state index in [1.165, 1.54) is 18.2 Å². The van der Waals surface area contributed by atoms with Crippen LogP contribution in [0.4, 0.5) is 4.39 Å². The molecule has 0 atom stereocenters. The van der Waals surface area contributed by atoms with Crippen molar-refractivity contribution in [2.45, 2.75) is 0 Å². The summed E-state index contributed by atoms with van der Waals surface area (Å²) in [7, 11) is 0. The van der Waals surface area contributed by atoms with Crippen molar-refractivity contribution in [3.63, 3.8) is 0 Å². The predicted molar refractivity (Wildman–Crippen MR) is 70.4 cm³/mol. The molecule has 0 bridgehead atoms. The average Bonchev–Trinajstić information content (AvgIpc) is 2.37. The number of halogens is 2. The number of hydrogen-bond donors (Lipinski definition) is 0. The number of ether oxygens (including phenoxy) is 1. The van der Waals surface area contributed by atoms with Crippen molar-refractivity contribution in [2.75, 3.05) is 6.61 Å². The van der Waals surface area contributed by atoms with Gasteiger partial charge in [0, 0.05) is 16.1 Å². The van der Waals surface area contributed by atoms with E-state index in [9.17, 15) is 9.18 Å². The van der Waals surface area contributed by atoms with E-state index in [1.54, 1.807) is 24.3 Å². The molecule has 4 heteroatoms. The van der Waals surface area contributed by atoms with Crippen LogP contribution in [0.1, 0.15) is 10.4 Å². The fourth-order valence-corrected chi connectivity index (χ4v) is 1.98. The summed E-state index contributed by atoms with van der Waals surface area (Å²) >= 11 is 3.30. The van der Waals surface area contributed by atoms with Crippen LogP contribution in [0.15, 0.2) is 53.0 Å². The lowest BCUT2D eigenvalue weighted by Crippen LogP contribution is -2.12. The number of ketones is 1. The number of carbonyl (C=O) groups excluding carboxylic acids is 1. The van der Waals surface area contributed by atoms with Gasteiger partial charge in [0.2, 0.25) is 5.78 Å². The van der Waals surface area contributed by atoms with E-state index in [4.69, 9.17) is 4.74 Å². The van der Waals surface area contributed by atoms with Gasteiger partial charge in [-0.2, -0.15) is 0 Å². The van der Waals surface area contributed by atoms with Crippen LogP contribution in [0.5, 0.6) is 5.75 Å². The van der Waals surface area contributed by atoms with E-state index in [2.05, 4.69) is 15.9 Å². The first-order valence-corrected chi connectivity index (χ1v) is 6.12. The first-order chi connectivity index (χ1) is 8.66. The molecule has 18 heavy (non-hydrogen) atoms. The van der Waals surface area contributed by atoms with Gasteiger partial charge in [0.25, 0.3) is 0 Å². The van der Waals surface area contributed by atoms with E-state index >= 15 is 0 Å². The molecule has 0 aromatic heterocycles. The number of benzene rings is 2. The molecule has 0 heterocycles. The third-order valence-electron chi connectivity index (χ3n) is 2.34. The molecular formula is C14H10BrFO2. The molecule has 92 valence electrons. The molecule has 0 aliphatic heterocycles. The lowest BCUT2D eigenvalue weighted by atomic mass is 10.1.